The van der Waals surface area contributed by atoms with Gasteiger partial charge in [0.25, 0.3) is 0 Å². The number of hydrogen-bond acceptors (Lipinski definition) is 3. The minimum atomic E-state index is -1.10. The van der Waals surface area contributed by atoms with Crippen LogP contribution in [-0.4, -0.2) is 35.5 Å². The van der Waals surface area contributed by atoms with Crippen molar-refractivity contribution in [2.45, 2.75) is 90.5 Å². The van der Waals surface area contributed by atoms with E-state index in [0.29, 0.717) is 13.0 Å². The van der Waals surface area contributed by atoms with E-state index >= 15 is 0 Å². The van der Waals surface area contributed by atoms with E-state index in [4.69, 9.17) is 5.11 Å². The first kappa shape index (κ1) is 22.4. The first-order chi connectivity index (χ1) is 11.5. The van der Waals surface area contributed by atoms with Crippen LogP contribution in [0.3, 0.4) is 0 Å². The molecule has 0 saturated carbocycles. The van der Waals surface area contributed by atoms with E-state index in [-0.39, 0.29) is 5.91 Å². The van der Waals surface area contributed by atoms with Crippen LogP contribution in [0.4, 0.5) is 0 Å². The molecule has 0 aromatic rings. The Bertz CT molecular complexity index is 372. The second kappa shape index (κ2) is 15.0. The van der Waals surface area contributed by atoms with Crippen molar-refractivity contribution in [3.63, 3.8) is 0 Å². The summed E-state index contributed by atoms with van der Waals surface area (Å²) >= 11 is 0. The molecule has 0 aliphatic rings. The molecule has 0 aliphatic carbocycles. The lowest BCUT2D eigenvalue weighted by Gasteiger charge is -2.16. The average Bonchev–Trinajstić information content (AvgIpc) is 2.52. The van der Waals surface area contributed by atoms with Gasteiger partial charge in [0.2, 0.25) is 11.8 Å². The second-order valence-electron chi connectivity index (χ2n) is 6.19. The van der Waals surface area contributed by atoms with E-state index in [2.05, 4.69) is 17.6 Å². The molecule has 0 radical (unpaired) electrons. The number of hydrogen-bond donors (Lipinski definition) is 3. The molecule has 3 N–H and O–H groups in total. The van der Waals surface area contributed by atoms with Gasteiger partial charge in [-0.3, -0.25) is 14.4 Å². The highest BCUT2D eigenvalue weighted by molar-refractivity contribution is 5.90. The van der Waals surface area contributed by atoms with Gasteiger partial charge in [0.15, 0.2) is 0 Å². The van der Waals surface area contributed by atoms with Gasteiger partial charge in [0.1, 0.15) is 6.04 Å². The van der Waals surface area contributed by atoms with Gasteiger partial charge in [-0.15, -0.1) is 0 Å². The molecule has 0 spiro atoms. The van der Waals surface area contributed by atoms with Crippen LogP contribution in [0.1, 0.15) is 84.5 Å². The average molecular weight is 342 g/mol. The highest BCUT2D eigenvalue weighted by atomic mass is 16.4. The second-order valence-corrected chi connectivity index (χ2v) is 6.19. The zero-order chi connectivity index (χ0) is 18.2. The van der Waals surface area contributed by atoms with Crippen LogP contribution < -0.4 is 10.6 Å². The van der Waals surface area contributed by atoms with Crippen LogP contribution in [0.2, 0.25) is 0 Å². The SMILES string of the molecule is CCCCCCCCCCCC(=O)N[C@@H](CC(=O)O)C(=O)NCC. The number of carbonyl (C=O) groups is 3. The van der Waals surface area contributed by atoms with E-state index in [1.807, 2.05) is 0 Å². The quantitative estimate of drug-likeness (QED) is 0.399. The van der Waals surface area contributed by atoms with Crippen LogP contribution in [0.15, 0.2) is 0 Å². The van der Waals surface area contributed by atoms with Gasteiger partial charge in [-0.05, 0) is 13.3 Å². The van der Waals surface area contributed by atoms with Gasteiger partial charge in [0.05, 0.1) is 6.42 Å². The first-order valence-corrected chi connectivity index (χ1v) is 9.30. The molecule has 0 rings (SSSR count). The van der Waals surface area contributed by atoms with Crippen molar-refractivity contribution >= 4 is 17.8 Å². The Morgan fingerprint density at radius 1 is 0.875 bits per heavy atom. The lowest BCUT2D eigenvalue weighted by molar-refractivity contribution is -0.140. The number of carbonyl (C=O) groups excluding carboxylic acids is 2. The Balaban J connectivity index is 3.84. The standard InChI is InChI=1S/C18H34N2O4/c1-3-5-6-7-8-9-10-11-12-13-16(21)20-15(14-17(22)23)18(24)19-4-2/h15H,3-14H2,1-2H3,(H,19,24)(H,20,21)(H,22,23)/t15-/m0/s1. The molecular weight excluding hydrogens is 308 g/mol. The van der Waals surface area contributed by atoms with E-state index in [9.17, 15) is 14.4 Å². The summed E-state index contributed by atoms with van der Waals surface area (Å²) in [7, 11) is 0. The molecule has 0 aromatic carbocycles. The molecular formula is C18H34N2O4. The topological polar surface area (TPSA) is 95.5 Å². The summed E-state index contributed by atoms with van der Waals surface area (Å²) in [5, 5.41) is 13.9. The van der Waals surface area contributed by atoms with Crippen molar-refractivity contribution in [2.75, 3.05) is 6.54 Å². The molecule has 0 fully saturated rings. The monoisotopic (exact) mass is 342 g/mol. The van der Waals surface area contributed by atoms with Crippen LogP contribution in [0.25, 0.3) is 0 Å². The minimum absolute atomic E-state index is 0.254. The number of likely N-dealkylation sites (N-methyl/N-ethyl adjacent to an activating group) is 1. The summed E-state index contributed by atoms with van der Waals surface area (Å²) in [6, 6.07) is -0.992. The molecule has 0 aromatic heterocycles. The normalized spacial score (nSPS) is 11.8. The first-order valence-electron chi connectivity index (χ1n) is 9.30. The molecule has 0 unspecified atom stereocenters. The van der Waals surface area contributed by atoms with Crippen molar-refractivity contribution in [3.05, 3.63) is 0 Å². The predicted octanol–water partition coefficient (Wildman–Crippen LogP) is 3.00. The fraction of sp³-hybridized carbons (Fsp3) is 0.833. The Morgan fingerprint density at radius 3 is 1.92 bits per heavy atom. The maximum absolute atomic E-state index is 11.9. The molecule has 0 saturated heterocycles. The number of amides is 2. The van der Waals surface area contributed by atoms with Crippen LogP contribution in [0.5, 0.6) is 0 Å². The summed E-state index contributed by atoms with van der Waals surface area (Å²) < 4.78 is 0. The van der Waals surface area contributed by atoms with Crippen molar-refractivity contribution in [1.29, 1.82) is 0 Å². The van der Waals surface area contributed by atoms with Gasteiger partial charge < -0.3 is 15.7 Å². The van der Waals surface area contributed by atoms with E-state index in [0.717, 1.165) is 19.3 Å². The van der Waals surface area contributed by atoms with E-state index < -0.39 is 24.3 Å². The van der Waals surface area contributed by atoms with Gasteiger partial charge in [-0.2, -0.15) is 0 Å². The minimum Gasteiger partial charge on any atom is -0.481 e. The maximum atomic E-state index is 11.9. The summed E-state index contributed by atoms with van der Waals surface area (Å²) in [6.07, 6.45) is 10.5. The van der Waals surface area contributed by atoms with E-state index in [1.165, 1.54) is 38.5 Å². The molecule has 24 heavy (non-hydrogen) atoms. The van der Waals surface area contributed by atoms with Gasteiger partial charge in [-0.1, -0.05) is 58.3 Å². The van der Waals surface area contributed by atoms with Crippen molar-refractivity contribution < 1.29 is 19.5 Å². The summed E-state index contributed by atoms with van der Waals surface area (Å²) in [5.74, 6) is -1.80. The number of nitrogens with one attached hydrogen (secondary N) is 2. The third kappa shape index (κ3) is 12.9. The highest BCUT2D eigenvalue weighted by Gasteiger charge is 2.22. The fourth-order valence-corrected chi connectivity index (χ4v) is 2.54. The Hall–Kier alpha value is -1.59. The molecule has 6 heteroatoms. The predicted molar refractivity (Wildman–Crippen MR) is 94.7 cm³/mol. The number of carboxylic acid groups (broad SMARTS) is 1. The molecule has 0 aliphatic heterocycles. The number of rotatable bonds is 15. The molecule has 140 valence electrons. The third-order valence-electron chi connectivity index (χ3n) is 3.89. The van der Waals surface area contributed by atoms with Gasteiger partial charge in [-0.25, -0.2) is 0 Å². The van der Waals surface area contributed by atoms with Gasteiger partial charge in [0, 0.05) is 13.0 Å². The Kier molecular flexibility index (Phi) is 14.0. The lowest BCUT2D eigenvalue weighted by Crippen LogP contribution is -2.47. The molecule has 2 amide bonds. The number of carboxylic acids is 1. The Morgan fingerprint density at radius 2 is 1.42 bits per heavy atom. The third-order valence-corrected chi connectivity index (χ3v) is 3.89. The van der Waals surface area contributed by atoms with Crippen LogP contribution >= 0.6 is 0 Å². The zero-order valence-corrected chi connectivity index (χ0v) is 15.2. The zero-order valence-electron chi connectivity index (χ0n) is 15.2. The van der Waals surface area contributed by atoms with Crippen molar-refractivity contribution in [3.8, 4) is 0 Å². The van der Waals surface area contributed by atoms with Crippen molar-refractivity contribution in [2.24, 2.45) is 0 Å². The van der Waals surface area contributed by atoms with Crippen molar-refractivity contribution in [1.82, 2.24) is 10.6 Å². The van der Waals surface area contributed by atoms with Gasteiger partial charge >= 0.3 is 5.97 Å². The molecule has 0 heterocycles. The molecule has 1 atom stereocenters. The van der Waals surface area contributed by atoms with Crippen LogP contribution in [-0.2, 0) is 14.4 Å². The smallest absolute Gasteiger partial charge is 0.305 e. The fourth-order valence-electron chi connectivity index (χ4n) is 2.54. The molecule has 0 bridgehead atoms. The van der Waals surface area contributed by atoms with Crippen LogP contribution in [0, 0.1) is 0 Å². The highest BCUT2D eigenvalue weighted by Crippen LogP contribution is 2.10. The Labute approximate surface area is 145 Å². The molecule has 6 nitrogen and oxygen atoms in total. The van der Waals surface area contributed by atoms with E-state index in [1.54, 1.807) is 6.92 Å². The summed E-state index contributed by atoms with van der Waals surface area (Å²) in [4.78, 5) is 34.4. The maximum Gasteiger partial charge on any atom is 0.305 e. The lowest BCUT2D eigenvalue weighted by atomic mass is 10.1. The number of unbranched alkanes of at least 4 members (excludes halogenated alkanes) is 8. The largest absolute Gasteiger partial charge is 0.481 e. The summed E-state index contributed by atoms with van der Waals surface area (Å²) in [5.41, 5.74) is 0. The summed E-state index contributed by atoms with van der Waals surface area (Å²) in [6.45, 7) is 4.36. The number of aliphatic carboxylic acids is 1.